The van der Waals surface area contributed by atoms with E-state index in [0.717, 1.165) is 5.56 Å². The monoisotopic (exact) mass is 426 g/mol. The van der Waals surface area contributed by atoms with E-state index in [-0.39, 0.29) is 37.1 Å². The van der Waals surface area contributed by atoms with Crippen molar-refractivity contribution in [1.82, 2.24) is 0 Å². The predicted octanol–water partition coefficient (Wildman–Crippen LogP) is 4.58. The van der Waals surface area contributed by atoms with E-state index in [4.69, 9.17) is 25.8 Å². The summed E-state index contributed by atoms with van der Waals surface area (Å²) in [5, 5.41) is 0.533. The van der Waals surface area contributed by atoms with Crippen molar-refractivity contribution in [3.63, 3.8) is 0 Å². The molecule has 2 aromatic rings. The van der Waals surface area contributed by atoms with E-state index < -0.39 is 5.97 Å². The van der Waals surface area contributed by atoms with E-state index in [9.17, 15) is 9.59 Å². The van der Waals surface area contributed by atoms with Crippen LogP contribution in [0.15, 0.2) is 60.9 Å². The quantitative estimate of drug-likeness (QED) is 0.633. The van der Waals surface area contributed by atoms with Crippen LogP contribution >= 0.6 is 11.6 Å². The van der Waals surface area contributed by atoms with E-state index in [2.05, 4.69) is 0 Å². The first-order valence-corrected chi connectivity index (χ1v) is 10.5. The van der Waals surface area contributed by atoms with Gasteiger partial charge in [0.15, 0.2) is 5.78 Å². The molecule has 3 unspecified atom stereocenters. The topological polar surface area (TPSA) is 61.8 Å². The molecule has 3 atom stereocenters. The number of rotatable bonds is 6. The van der Waals surface area contributed by atoms with Crippen LogP contribution in [0.2, 0.25) is 5.02 Å². The molecule has 6 heteroatoms. The second-order valence-corrected chi connectivity index (χ2v) is 7.96. The van der Waals surface area contributed by atoms with E-state index in [1.165, 1.54) is 6.26 Å². The summed E-state index contributed by atoms with van der Waals surface area (Å²) in [7, 11) is 0. The molecule has 0 bridgehead atoms. The molecular formula is C24H23ClO5. The number of hydrogen-bond donors (Lipinski definition) is 0. The number of allylic oxidation sites excluding steroid dienone is 1. The van der Waals surface area contributed by atoms with Gasteiger partial charge in [0.1, 0.15) is 19.3 Å². The van der Waals surface area contributed by atoms with Crippen LogP contribution < -0.4 is 0 Å². The molecule has 1 aliphatic heterocycles. The number of halogens is 1. The Kier molecular flexibility index (Phi) is 6.50. The lowest BCUT2D eigenvalue weighted by Gasteiger charge is -2.37. The summed E-state index contributed by atoms with van der Waals surface area (Å²) >= 11 is 6.24. The standard InChI is InChI=1S/C24H23ClO5/c25-21-9-5-4-8-18(21)20-14-29-22-12-17(10-11-19(22)24(20)27)28-15-23(26)30-13-16-6-2-1-3-7-16/h1-9,14,17,19,22H,10-13,15H2. The molecular weight excluding hydrogens is 404 g/mol. The van der Waals surface area contributed by atoms with Crippen molar-refractivity contribution in [3.05, 3.63) is 77.0 Å². The zero-order valence-corrected chi connectivity index (χ0v) is 17.2. The molecule has 30 heavy (non-hydrogen) atoms. The highest BCUT2D eigenvalue weighted by atomic mass is 35.5. The fourth-order valence-corrected chi connectivity index (χ4v) is 4.19. The van der Waals surface area contributed by atoms with Crippen LogP contribution in [0.5, 0.6) is 0 Å². The van der Waals surface area contributed by atoms with Crippen molar-refractivity contribution in [1.29, 1.82) is 0 Å². The van der Waals surface area contributed by atoms with Gasteiger partial charge in [0.25, 0.3) is 0 Å². The van der Waals surface area contributed by atoms with Crippen LogP contribution in [-0.4, -0.2) is 30.6 Å². The molecule has 2 aromatic carbocycles. The van der Waals surface area contributed by atoms with Crippen molar-refractivity contribution in [3.8, 4) is 0 Å². The zero-order valence-electron chi connectivity index (χ0n) is 16.5. The van der Waals surface area contributed by atoms with Gasteiger partial charge in [0.2, 0.25) is 0 Å². The number of carbonyl (C=O) groups excluding carboxylic acids is 2. The molecule has 0 radical (unpaired) electrons. The van der Waals surface area contributed by atoms with Gasteiger partial charge in [-0.15, -0.1) is 0 Å². The third-order valence-electron chi connectivity index (χ3n) is 5.55. The molecule has 0 spiro atoms. The molecule has 4 rings (SSSR count). The maximum Gasteiger partial charge on any atom is 0.332 e. The fourth-order valence-electron chi connectivity index (χ4n) is 3.95. The Morgan fingerprint density at radius 2 is 1.83 bits per heavy atom. The first-order chi connectivity index (χ1) is 14.6. The van der Waals surface area contributed by atoms with Crippen molar-refractivity contribution in [2.45, 2.75) is 38.1 Å². The first-order valence-electron chi connectivity index (χ1n) is 10.1. The van der Waals surface area contributed by atoms with Gasteiger partial charge in [-0.3, -0.25) is 4.79 Å². The minimum atomic E-state index is -0.400. The summed E-state index contributed by atoms with van der Waals surface area (Å²) in [6, 6.07) is 16.8. The average Bonchev–Trinajstić information content (AvgIpc) is 2.78. The summed E-state index contributed by atoms with van der Waals surface area (Å²) in [5.74, 6) is -0.561. The highest BCUT2D eigenvalue weighted by Crippen LogP contribution is 2.38. The van der Waals surface area contributed by atoms with Gasteiger partial charge in [-0.1, -0.05) is 60.1 Å². The number of hydrogen-bond acceptors (Lipinski definition) is 5. The van der Waals surface area contributed by atoms with Crippen LogP contribution in [0.25, 0.3) is 5.57 Å². The van der Waals surface area contributed by atoms with Gasteiger partial charge in [-0.2, -0.15) is 0 Å². The smallest absolute Gasteiger partial charge is 0.332 e. The molecule has 156 valence electrons. The predicted molar refractivity (Wildman–Crippen MR) is 113 cm³/mol. The van der Waals surface area contributed by atoms with E-state index >= 15 is 0 Å². The zero-order chi connectivity index (χ0) is 20.9. The highest BCUT2D eigenvalue weighted by Gasteiger charge is 2.41. The molecule has 1 saturated carbocycles. The van der Waals surface area contributed by atoms with Crippen LogP contribution in [0.3, 0.4) is 0 Å². The normalized spacial score (nSPS) is 23.2. The van der Waals surface area contributed by atoms with Crippen molar-refractivity contribution in [2.24, 2.45) is 5.92 Å². The Balaban J connectivity index is 1.29. The number of ether oxygens (including phenoxy) is 3. The molecule has 2 aliphatic rings. The molecule has 0 aromatic heterocycles. The van der Waals surface area contributed by atoms with E-state index in [1.54, 1.807) is 6.07 Å². The second kappa shape index (κ2) is 9.45. The SMILES string of the molecule is O=C(COC1CCC2C(=O)C(c3ccccc3Cl)=COC2C1)OCc1ccccc1. The van der Waals surface area contributed by atoms with Crippen molar-refractivity contribution >= 4 is 28.9 Å². The highest BCUT2D eigenvalue weighted by molar-refractivity contribution is 6.35. The molecule has 5 nitrogen and oxygen atoms in total. The van der Waals surface area contributed by atoms with Gasteiger partial charge >= 0.3 is 5.97 Å². The van der Waals surface area contributed by atoms with E-state index in [0.29, 0.717) is 35.4 Å². The lowest BCUT2D eigenvalue weighted by molar-refractivity contribution is -0.155. The Bertz CT molecular complexity index is 940. The summed E-state index contributed by atoms with van der Waals surface area (Å²) in [5.41, 5.74) is 2.15. The third kappa shape index (κ3) is 4.74. The Labute approximate surface area is 180 Å². The largest absolute Gasteiger partial charge is 0.496 e. The number of esters is 1. The minimum absolute atomic E-state index is 0.0556. The van der Waals surface area contributed by atoms with E-state index in [1.807, 2.05) is 48.5 Å². The summed E-state index contributed by atoms with van der Waals surface area (Å²) in [4.78, 5) is 25.0. The van der Waals surface area contributed by atoms with Crippen LogP contribution in [-0.2, 0) is 30.4 Å². The number of ketones is 1. The van der Waals surface area contributed by atoms with Gasteiger partial charge in [-0.25, -0.2) is 4.79 Å². The molecule has 1 fully saturated rings. The van der Waals surface area contributed by atoms with Crippen molar-refractivity contribution < 1.29 is 23.8 Å². The van der Waals surface area contributed by atoms with Crippen LogP contribution in [0.4, 0.5) is 0 Å². The van der Waals surface area contributed by atoms with Crippen molar-refractivity contribution in [2.75, 3.05) is 6.61 Å². The number of carbonyl (C=O) groups is 2. The Hall–Kier alpha value is -2.63. The third-order valence-corrected chi connectivity index (χ3v) is 5.88. The molecule has 0 N–H and O–H groups in total. The van der Waals surface area contributed by atoms with Gasteiger partial charge in [0, 0.05) is 17.0 Å². The summed E-state index contributed by atoms with van der Waals surface area (Å²) < 4.78 is 16.9. The Morgan fingerprint density at radius 3 is 2.63 bits per heavy atom. The Morgan fingerprint density at radius 1 is 1.07 bits per heavy atom. The number of fused-ring (bicyclic) bond motifs is 1. The molecule has 0 saturated heterocycles. The molecule has 0 amide bonds. The first kappa shape index (κ1) is 20.6. The number of benzene rings is 2. The second-order valence-electron chi connectivity index (χ2n) is 7.55. The summed E-state index contributed by atoms with van der Waals surface area (Å²) in [6.07, 6.45) is 3.03. The lowest BCUT2D eigenvalue weighted by Crippen LogP contribution is -2.41. The molecule has 1 heterocycles. The van der Waals surface area contributed by atoms with Crippen LogP contribution in [0, 0.1) is 5.92 Å². The fraction of sp³-hybridized carbons (Fsp3) is 0.333. The maximum atomic E-state index is 13.0. The maximum absolute atomic E-state index is 13.0. The lowest BCUT2D eigenvalue weighted by atomic mass is 9.78. The number of Topliss-reactive ketones (excluding diaryl/α,β-unsaturated/α-hetero) is 1. The van der Waals surface area contributed by atoms with Gasteiger partial charge in [0.05, 0.1) is 23.9 Å². The van der Waals surface area contributed by atoms with Gasteiger partial charge < -0.3 is 14.2 Å². The van der Waals surface area contributed by atoms with Gasteiger partial charge in [-0.05, 0) is 24.5 Å². The summed E-state index contributed by atoms with van der Waals surface area (Å²) in [6.45, 7) is 0.120. The minimum Gasteiger partial charge on any atom is -0.496 e. The average molecular weight is 427 g/mol. The molecule has 1 aliphatic carbocycles. The van der Waals surface area contributed by atoms with Crippen LogP contribution in [0.1, 0.15) is 30.4 Å².